The smallest absolute Gasteiger partial charge is 0.224 e. The van der Waals surface area contributed by atoms with Gasteiger partial charge in [-0.05, 0) is 37.4 Å². The summed E-state index contributed by atoms with van der Waals surface area (Å²) >= 11 is 0. The van der Waals surface area contributed by atoms with Gasteiger partial charge in [-0.1, -0.05) is 13.3 Å². The zero-order valence-corrected chi connectivity index (χ0v) is 11.1. The van der Waals surface area contributed by atoms with E-state index in [0.717, 1.165) is 37.5 Å². The molecule has 0 aliphatic carbocycles. The van der Waals surface area contributed by atoms with Gasteiger partial charge in [0.2, 0.25) is 5.91 Å². The predicted molar refractivity (Wildman–Crippen MR) is 71.7 cm³/mol. The lowest BCUT2D eigenvalue weighted by Crippen LogP contribution is -2.15. The number of hydrogen-bond donors (Lipinski definition) is 2. The SMILES string of the molecule is CCC(CCN)CCC(=O)Nc1cc(F)cc(F)c1. The van der Waals surface area contributed by atoms with Crippen LogP contribution in [-0.4, -0.2) is 12.5 Å². The molecule has 1 aromatic rings. The van der Waals surface area contributed by atoms with Gasteiger partial charge in [-0.25, -0.2) is 8.78 Å². The maximum absolute atomic E-state index is 12.9. The fraction of sp³-hybridized carbons (Fsp3) is 0.500. The quantitative estimate of drug-likeness (QED) is 0.800. The van der Waals surface area contributed by atoms with Gasteiger partial charge in [0.15, 0.2) is 0 Å². The van der Waals surface area contributed by atoms with E-state index in [9.17, 15) is 13.6 Å². The van der Waals surface area contributed by atoms with Crippen molar-refractivity contribution >= 4 is 11.6 Å². The number of nitrogens with one attached hydrogen (secondary N) is 1. The van der Waals surface area contributed by atoms with E-state index >= 15 is 0 Å². The average molecular weight is 270 g/mol. The van der Waals surface area contributed by atoms with Crippen LogP contribution in [0.3, 0.4) is 0 Å². The first-order chi connectivity index (χ1) is 9.05. The summed E-state index contributed by atoms with van der Waals surface area (Å²) in [6.07, 6.45) is 2.92. The Balaban J connectivity index is 2.46. The fourth-order valence-electron chi connectivity index (χ4n) is 1.97. The van der Waals surface area contributed by atoms with Crippen LogP contribution in [-0.2, 0) is 4.79 Å². The molecule has 5 heteroatoms. The first-order valence-corrected chi connectivity index (χ1v) is 6.51. The summed E-state index contributed by atoms with van der Waals surface area (Å²) in [6.45, 7) is 2.66. The molecule has 0 aliphatic heterocycles. The second-order valence-electron chi connectivity index (χ2n) is 4.60. The van der Waals surface area contributed by atoms with Crippen molar-refractivity contribution in [1.82, 2.24) is 0 Å². The monoisotopic (exact) mass is 270 g/mol. The normalized spacial score (nSPS) is 12.2. The first-order valence-electron chi connectivity index (χ1n) is 6.51. The number of hydrogen-bond acceptors (Lipinski definition) is 2. The lowest BCUT2D eigenvalue weighted by Gasteiger charge is -2.13. The molecule has 0 bridgehead atoms. The van der Waals surface area contributed by atoms with Crippen molar-refractivity contribution in [3.05, 3.63) is 29.8 Å². The molecule has 0 fully saturated rings. The molecule has 3 N–H and O–H groups in total. The predicted octanol–water partition coefficient (Wildman–Crippen LogP) is 3.06. The van der Waals surface area contributed by atoms with E-state index in [0.29, 0.717) is 18.9 Å². The number of anilines is 1. The number of halogens is 2. The molecule has 0 aliphatic rings. The summed E-state index contributed by atoms with van der Waals surface area (Å²) < 4.78 is 25.9. The highest BCUT2D eigenvalue weighted by Gasteiger charge is 2.10. The molecule has 0 saturated heterocycles. The summed E-state index contributed by atoms with van der Waals surface area (Å²) in [7, 11) is 0. The molecule has 1 aromatic carbocycles. The second-order valence-corrected chi connectivity index (χ2v) is 4.60. The molecule has 1 atom stereocenters. The van der Waals surface area contributed by atoms with E-state index in [2.05, 4.69) is 12.2 Å². The number of carbonyl (C=O) groups is 1. The molecular weight excluding hydrogens is 250 g/mol. The lowest BCUT2D eigenvalue weighted by atomic mass is 9.96. The summed E-state index contributed by atoms with van der Waals surface area (Å²) in [6, 6.07) is 2.96. The Labute approximate surface area is 112 Å². The number of nitrogens with two attached hydrogens (primary N) is 1. The molecule has 0 heterocycles. The van der Waals surface area contributed by atoms with Crippen molar-refractivity contribution in [1.29, 1.82) is 0 Å². The highest BCUT2D eigenvalue weighted by Crippen LogP contribution is 2.17. The van der Waals surface area contributed by atoms with Crippen molar-refractivity contribution in [3.8, 4) is 0 Å². The van der Waals surface area contributed by atoms with Crippen LogP contribution < -0.4 is 11.1 Å². The van der Waals surface area contributed by atoms with E-state index in [1.165, 1.54) is 0 Å². The van der Waals surface area contributed by atoms with Crippen LogP contribution in [0.5, 0.6) is 0 Å². The third-order valence-corrected chi connectivity index (χ3v) is 3.08. The first kappa shape index (κ1) is 15.6. The van der Waals surface area contributed by atoms with E-state index in [1.54, 1.807) is 0 Å². The second kappa shape index (κ2) is 7.84. The molecule has 1 unspecified atom stereocenters. The Morgan fingerprint density at radius 2 is 1.89 bits per heavy atom. The van der Waals surface area contributed by atoms with Crippen LogP contribution in [0.25, 0.3) is 0 Å². The summed E-state index contributed by atoms with van der Waals surface area (Å²) in [4.78, 5) is 11.7. The van der Waals surface area contributed by atoms with Gasteiger partial charge in [0.05, 0.1) is 0 Å². The van der Waals surface area contributed by atoms with E-state index in [1.807, 2.05) is 0 Å². The summed E-state index contributed by atoms with van der Waals surface area (Å²) in [5, 5.41) is 2.49. The molecule has 0 saturated carbocycles. The van der Waals surface area contributed by atoms with E-state index in [4.69, 9.17) is 5.73 Å². The Kier molecular flexibility index (Phi) is 6.42. The van der Waals surface area contributed by atoms with Crippen LogP contribution in [0, 0.1) is 17.6 Å². The largest absolute Gasteiger partial charge is 0.330 e. The third-order valence-electron chi connectivity index (χ3n) is 3.08. The van der Waals surface area contributed by atoms with Crippen molar-refractivity contribution in [2.75, 3.05) is 11.9 Å². The van der Waals surface area contributed by atoms with Gasteiger partial charge < -0.3 is 11.1 Å². The van der Waals surface area contributed by atoms with Crippen molar-refractivity contribution < 1.29 is 13.6 Å². The molecule has 0 aromatic heterocycles. The highest BCUT2D eigenvalue weighted by atomic mass is 19.1. The third kappa shape index (κ3) is 5.79. The molecule has 106 valence electrons. The number of amides is 1. The topological polar surface area (TPSA) is 55.1 Å². The number of benzene rings is 1. The van der Waals surface area contributed by atoms with Crippen LogP contribution in [0.2, 0.25) is 0 Å². The fourth-order valence-corrected chi connectivity index (χ4v) is 1.97. The Bertz CT molecular complexity index is 404. The Morgan fingerprint density at radius 3 is 2.42 bits per heavy atom. The molecule has 0 spiro atoms. The zero-order chi connectivity index (χ0) is 14.3. The molecule has 3 nitrogen and oxygen atoms in total. The standard InChI is InChI=1S/C14H20F2N2O/c1-2-10(5-6-17)3-4-14(19)18-13-8-11(15)7-12(16)9-13/h7-10H,2-6,17H2,1H3,(H,18,19). The van der Waals surface area contributed by atoms with Gasteiger partial charge in [-0.3, -0.25) is 4.79 Å². The lowest BCUT2D eigenvalue weighted by molar-refractivity contribution is -0.116. The summed E-state index contributed by atoms with van der Waals surface area (Å²) in [5.74, 6) is -1.23. The average Bonchev–Trinajstić information content (AvgIpc) is 2.33. The highest BCUT2D eigenvalue weighted by molar-refractivity contribution is 5.90. The van der Waals surface area contributed by atoms with Gasteiger partial charge in [-0.2, -0.15) is 0 Å². The van der Waals surface area contributed by atoms with Gasteiger partial charge in [0, 0.05) is 18.2 Å². The molecule has 1 amide bonds. The van der Waals surface area contributed by atoms with Gasteiger partial charge in [0.25, 0.3) is 0 Å². The van der Waals surface area contributed by atoms with Crippen LogP contribution >= 0.6 is 0 Å². The van der Waals surface area contributed by atoms with Crippen LogP contribution in [0.1, 0.15) is 32.6 Å². The minimum atomic E-state index is -0.704. The Morgan fingerprint density at radius 1 is 1.26 bits per heavy atom. The van der Waals surface area contributed by atoms with Crippen molar-refractivity contribution in [2.24, 2.45) is 11.7 Å². The molecule has 1 rings (SSSR count). The maximum Gasteiger partial charge on any atom is 0.224 e. The molecular formula is C14H20F2N2O. The Hall–Kier alpha value is -1.49. The zero-order valence-electron chi connectivity index (χ0n) is 11.1. The van der Waals surface area contributed by atoms with Crippen LogP contribution in [0.4, 0.5) is 14.5 Å². The molecule has 19 heavy (non-hydrogen) atoms. The maximum atomic E-state index is 12.9. The van der Waals surface area contributed by atoms with Crippen LogP contribution in [0.15, 0.2) is 18.2 Å². The molecule has 0 radical (unpaired) electrons. The minimum absolute atomic E-state index is 0.148. The van der Waals surface area contributed by atoms with Crippen molar-refractivity contribution in [3.63, 3.8) is 0 Å². The van der Waals surface area contributed by atoms with Gasteiger partial charge in [-0.15, -0.1) is 0 Å². The van der Waals surface area contributed by atoms with Gasteiger partial charge >= 0.3 is 0 Å². The number of carbonyl (C=O) groups excluding carboxylic acids is 1. The van der Waals surface area contributed by atoms with E-state index < -0.39 is 11.6 Å². The minimum Gasteiger partial charge on any atom is -0.330 e. The summed E-state index contributed by atoms with van der Waals surface area (Å²) in [5.41, 5.74) is 5.63. The van der Waals surface area contributed by atoms with Crippen molar-refractivity contribution in [2.45, 2.75) is 32.6 Å². The number of rotatable bonds is 7. The van der Waals surface area contributed by atoms with E-state index in [-0.39, 0.29) is 11.6 Å². The van der Waals surface area contributed by atoms with Gasteiger partial charge in [0.1, 0.15) is 11.6 Å².